The molecule has 3 heterocycles. The zero-order valence-electron chi connectivity index (χ0n) is 17.3. The number of benzene rings is 1. The molecule has 2 N–H and O–H groups in total. The average molecular weight is 441 g/mol. The number of ether oxygens (including phenoxy) is 1. The van der Waals surface area contributed by atoms with E-state index in [1.807, 2.05) is 36.7 Å². The summed E-state index contributed by atoms with van der Waals surface area (Å²) in [5, 5.41) is 4.23. The van der Waals surface area contributed by atoms with Crippen LogP contribution in [0.2, 0.25) is 5.02 Å². The summed E-state index contributed by atoms with van der Waals surface area (Å²) < 4.78 is 5.38. The SMILES string of the molecule is Cc1nc(C[C@@H](NCc2cnc(N3CCOCC3)nc2)c2ccc(Cl)cc2)cc(=O)[nH]1. The minimum absolute atomic E-state index is 0.0510. The highest BCUT2D eigenvalue weighted by atomic mass is 35.5. The molecular weight excluding hydrogens is 416 g/mol. The molecule has 1 aliphatic heterocycles. The molecule has 1 fully saturated rings. The molecule has 1 aliphatic rings. The molecule has 8 nitrogen and oxygen atoms in total. The lowest BCUT2D eigenvalue weighted by Crippen LogP contribution is -2.37. The first-order chi connectivity index (χ1) is 15.1. The van der Waals surface area contributed by atoms with Gasteiger partial charge >= 0.3 is 0 Å². The number of hydrogen-bond donors (Lipinski definition) is 2. The van der Waals surface area contributed by atoms with Gasteiger partial charge in [-0.1, -0.05) is 23.7 Å². The number of aromatic amines is 1. The number of aromatic nitrogens is 4. The van der Waals surface area contributed by atoms with Crippen LogP contribution in [0.15, 0.2) is 47.5 Å². The number of hydrogen-bond acceptors (Lipinski definition) is 7. The van der Waals surface area contributed by atoms with Crippen molar-refractivity contribution < 1.29 is 4.74 Å². The monoisotopic (exact) mass is 440 g/mol. The zero-order valence-corrected chi connectivity index (χ0v) is 18.1. The van der Waals surface area contributed by atoms with Gasteiger partial charge in [-0.25, -0.2) is 15.0 Å². The molecule has 0 bridgehead atoms. The van der Waals surface area contributed by atoms with Crippen molar-refractivity contribution in [2.45, 2.75) is 25.9 Å². The fourth-order valence-corrected chi connectivity index (χ4v) is 3.69. The largest absolute Gasteiger partial charge is 0.378 e. The quantitative estimate of drug-likeness (QED) is 0.582. The van der Waals surface area contributed by atoms with Gasteiger partial charge in [-0.05, 0) is 24.6 Å². The van der Waals surface area contributed by atoms with Crippen molar-refractivity contribution in [2.24, 2.45) is 0 Å². The summed E-state index contributed by atoms with van der Waals surface area (Å²) in [6.45, 7) is 5.37. The van der Waals surface area contributed by atoms with E-state index in [4.69, 9.17) is 16.3 Å². The minimum atomic E-state index is -0.149. The average Bonchev–Trinajstić information content (AvgIpc) is 2.77. The standard InChI is InChI=1S/C22H25ClN6O2/c1-15-27-19(11-21(30)28-15)10-20(17-2-4-18(23)5-3-17)24-12-16-13-25-22(26-14-16)29-6-8-31-9-7-29/h2-5,11,13-14,20,24H,6-10,12H2,1H3,(H,27,28,30)/t20-/m1/s1. The van der Waals surface area contributed by atoms with Crippen LogP contribution >= 0.6 is 11.6 Å². The number of H-pyrrole nitrogens is 1. The molecule has 0 amide bonds. The first kappa shape index (κ1) is 21.4. The third-order valence-corrected chi connectivity index (χ3v) is 5.39. The van der Waals surface area contributed by atoms with Crippen LogP contribution in [0, 0.1) is 6.92 Å². The Labute approximate surface area is 185 Å². The predicted molar refractivity (Wildman–Crippen MR) is 119 cm³/mol. The van der Waals surface area contributed by atoms with E-state index < -0.39 is 0 Å². The van der Waals surface area contributed by atoms with Gasteiger partial charge in [0.05, 0.1) is 13.2 Å². The molecular formula is C22H25ClN6O2. The molecule has 0 saturated carbocycles. The van der Waals surface area contributed by atoms with Crippen molar-refractivity contribution >= 4 is 17.5 Å². The van der Waals surface area contributed by atoms with Gasteiger partial charge in [0.1, 0.15) is 5.82 Å². The minimum Gasteiger partial charge on any atom is -0.378 e. The summed E-state index contributed by atoms with van der Waals surface area (Å²) in [5.74, 6) is 1.33. The van der Waals surface area contributed by atoms with Crippen LogP contribution in [0.25, 0.3) is 0 Å². The lowest BCUT2D eigenvalue weighted by atomic mass is 10.0. The van der Waals surface area contributed by atoms with E-state index in [0.29, 0.717) is 37.0 Å². The van der Waals surface area contributed by atoms with Gasteiger partial charge in [0.15, 0.2) is 0 Å². The summed E-state index contributed by atoms with van der Waals surface area (Å²) in [5.41, 5.74) is 2.62. The third kappa shape index (κ3) is 5.88. The normalized spacial score (nSPS) is 15.1. The first-order valence-corrected chi connectivity index (χ1v) is 10.6. The Bertz CT molecular complexity index is 1050. The Morgan fingerprint density at radius 1 is 1.19 bits per heavy atom. The number of aryl methyl sites for hydroxylation is 1. The van der Waals surface area contributed by atoms with Crippen LogP contribution in [0.3, 0.4) is 0 Å². The summed E-state index contributed by atoms with van der Waals surface area (Å²) in [7, 11) is 0. The number of halogens is 1. The Balaban J connectivity index is 1.47. The van der Waals surface area contributed by atoms with E-state index in [0.717, 1.165) is 35.9 Å². The summed E-state index contributed by atoms with van der Waals surface area (Å²) >= 11 is 6.06. The maximum absolute atomic E-state index is 11.9. The van der Waals surface area contributed by atoms with Gasteiger partial charge in [-0.3, -0.25) is 4.79 Å². The molecule has 4 rings (SSSR count). The molecule has 3 aromatic rings. The second kappa shape index (κ2) is 10.00. The van der Waals surface area contributed by atoms with Crippen molar-refractivity contribution in [1.29, 1.82) is 0 Å². The fourth-order valence-electron chi connectivity index (χ4n) is 3.56. The third-order valence-electron chi connectivity index (χ3n) is 5.14. The van der Waals surface area contributed by atoms with E-state index in [-0.39, 0.29) is 11.6 Å². The van der Waals surface area contributed by atoms with Gasteiger partial charge in [0.2, 0.25) is 5.95 Å². The molecule has 9 heteroatoms. The van der Waals surface area contributed by atoms with Crippen LogP contribution in [0.4, 0.5) is 5.95 Å². The van der Waals surface area contributed by atoms with Gasteiger partial charge in [-0.2, -0.15) is 0 Å². The topological polar surface area (TPSA) is 96.0 Å². The lowest BCUT2D eigenvalue weighted by molar-refractivity contribution is 0.122. The Morgan fingerprint density at radius 2 is 1.90 bits per heavy atom. The van der Waals surface area contributed by atoms with Crippen molar-refractivity contribution in [2.75, 3.05) is 31.2 Å². The molecule has 2 aromatic heterocycles. The second-order valence-electron chi connectivity index (χ2n) is 7.50. The second-order valence-corrected chi connectivity index (χ2v) is 7.94. The molecule has 1 atom stereocenters. The van der Waals surface area contributed by atoms with Gasteiger partial charge in [0.25, 0.3) is 5.56 Å². The van der Waals surface area contributed by atoms with Crippen LogP contribution in [0.5, 0.6) is 0 Å². The van der Waals surface area contributed by atoms with E-state index in [9.17, 15) is 4.79 Å². The molecule has 0 radical (unpaired) electrons. The summed E-state index contributed by atoms with van der Waals surface area (Å²) in [6.07, 6.45) is 4.26. The number of rotatable bonds is 7. The summed E-state index contributed by atoms with van der Waals surface area (Å²) in [4.78, 5) is 30.2. The highest BCUT2D eigenvalue weighted by Crippen LogP contribution is 2.20. The predicted octanol–water partition coefficient (Wildman–Crippen LogP) is 2.43. The molecule has 0 unspecified atom stereocenters. The van der Waals surface area contributed by atoms with Crippen molar-refractivity contribution in [3.63, 3.8) is 0 Å². The van der Waals surface area contributed by atoms with Crippen LogP contribution in [-0.4, -0.2) is 46.2 Å². The van der Waals surface area contributed by atoms with Gasteiger partial charge < -0.3 is 19.9 Å². The highest BCUT2D eigenvalue weighted by Gasteiger charge is 2.16. The van der Waals surface area contributed by atoms with Crippen LogP contribution in [-0.2, 0) is 17.7 Å². The zero-order chi connectivity index (χ0) is 21.6. The molecule has 0 aliphatic carbocycles. The van der Waals surface area contributed by atoms with Gasteiger partial charge in [0, 0.05) is 66.8 Å². The molecule has 0 spiro atoms. The Morgan fingerprint density at radius 3 is 2.58 bits per heavy atom. The van der Waals surface area contributed by atoms with Gasteiger partial charge in [-0.15, -0.1) is 0 Å². The number of nitrogens with one attached hydrogen (secondary N) is 2. The van der Waals surface area contributed by atoms with E-state index in [1.165, 1.54) is 6.07 Å². The molecule has 1 saturated heterocycles. The number of anilines is 1. The van der Waals surface area contributed by atoms with E-state index in [1.54, 1.807) is 6.92 Å². The van der Waals surface area contributed by atoms with Crippen LogP contribution in [0.1, 0.15) is 28.7 Å². The summed E-state index contributed by atoms with van der Waals surface area (Å²) in [6, 6.07) is 9.18. The molecule has 1 aromatic carbocycles. The van der Waals surface area contributed by atoms with Crippen LogP contribution < -0.4 is 15.8 Å². The van der Waals surface area contributed by atoms with E-state index in [2.05, 4.69) is 30.2 Å². The highest BCUT2D eigenvalue weighted by molar-refractivity contribution is 6.30. The number of morpholine rings is 1. The Hall–Kier alpha value is -2.81. The maximum atomic E-state index is 11.9. The smallest absolute Gasteiger partial charge is 0.251 e. The number of nitrogens with zero attached hydrogens (tertiary/aromatic N) is 4. The maximum Gasteiger partial charge on any atom is 0.251 e. The van der Waals surface area contributed by atoms with Crippen molar-refractivity contribution in [3.8, 4) is 0 Å². The molecule has 31 heavy (non-hydrogen) atoms. The first-order valence-electron chi connectivity index (χ1n) is 10.3. The van der Waals surface area contributed by atoms with Crippen molar-refractivity contribution in [1.82, 2.24) is 25.3 Å². The lowest BCUT2D eigenvalue weighted by Gasteiger charge is -2.26. The van der Waals surface area contributed by atoms with E-state index >= 15 is 0 Å². The molecule has 162 valence electrons. The Kier molecular flexibility index (Phi) is 6.91. The van der Waals surface area contributed by atoms with Crippen molar-refractivity contribution in [3.05, 3.63) is 80.7 Å². The fraction of sp³-hybridized carbons (Fsp3) is 0.364.